The van der Waals surface area contributed by atoms with Crippen LogP contribution in [0, 0.1) is 11.3 Å². The van der Waals surface area contributed by atoms with Crippen molar-refractivity contribution < 1.29 is 14.3 Å². The van der Waals surface area contributed by atoms with Crippen LogP contribution in [-0.2, 0) is 14.3 Å². The van der Waals surface area contributed by atoms with E-state index in [-0.39, 0.29) is 33.6 Å². The SMILES string of the molecule is CCOC(=O)C(=O)Nc1cc(C#N)c(Cl)c(N)c1Cl. The van der Waals surface area contributed by atoms with Gasteiger partial charge in [-0.3, -0.25) is 4.79 Å². The largest absolute Gasteiger partial charge is 0.459 e. The molecule has 1 aromatic carbocycles. The van der Waals surface area contributed by atoms with E-state index in [4.69, 9.17) is 34.2 Å². The van der Waals surface area contributed by atoms with Crippen LogP contribution in [0.25, 0.3) is 0 Å². The number of esters is 1. The Balaban J connectivity index is 3.09. The smallest absolute Gasteiger partial charge is 0.397 e. The van der Waals surface area contributed by atoms with E-state index in [9.17, 15) is 9.59 Å². The molecule has 100 valence electrons. The first-order chi connectivity index (χ1) is 8.92. The molecule has 19 heavy (non-hydrogen) atoms. The third kappa shape index (κ3) is 3.28. The lowest BCUT2D eigenvalue weighted by Crippen LogP contribution is -2.25. The molecular formula is C11H9Cl2N3O3. The van der Waals surface area contributed by atoms with Gasteiger partial charge in [-0.05, 0) is 13.0 Å². The van der Waals surface area contributed by atoms with Crippen LogP contribution in [0.5, 0.6) is 0 Å². The minimum Gasteiger partial charge on any atom is -0.459 e. The third-order valence-corrected chi connectivity index (χ3v) is 2.88. The summed E-state index contributed by atoms with van der Waals surface area (Å²) in [6, 6.07) is 3.01. The number of hydrogen-bond donors (Lipinski definition) is 2. The Kier molecular flexibility index (Phi) is 4.98. The fraction of sp³-hybridized carbons (Fsp3) is 0.182. The molecule has 0 heterocycles. The fourth-order valence-corrected chi connectivity index (χ4v) is 1.64. The number of ether oxygens (including phenoxy) is 1. The van der Waals surface area contributed by atoms with E-state index in [1.165, 1.54) is 6.07 Å². The number of nitrogens with zero attached hydrogens (tertiary/aromatic N) is 1. The number of carbonyl (C=O) groups excluding carboxylic acids is 2. The average molecular weight is 302 g/mol. The zero-order chi connectivity index (χ0) is 14.6. The number of amides is 1. The highest BCUT2D eigenvalue weighted by Gasteiger charge is 2.19. The Hall–Kier alpha value is -1.97. The molecule has 0 aliphatic heterocycles. The van der Waals surface area contributed by atoms with Crippen molar-refractivity contribution in [1.29, 1.82) is 5.26 Å². The molecule has 0 saturated heterocycles. The summed E-state index contributed by atoms with van der Waals surface area (Å²) >= 11 is 11.7. The van der Waals surface area contributed by atoms with Crippen LogP contribution in [0.4, 0.5) is 11.4 Å². The van der Waals surface area contributed by atoms with Crippen molar-refractivity contribution in [3.8, 4) is 6.07 Å². The third-order valence-electron chi connectivity index (χ3n) is 2.06. The van der Waals surface area contributed by atoms with E-state index in [0.717, 1.165) is 0 Å². The maximum atomic E-state index is 11.4. The number of halogens is 2. The monoisotopic (exact) mass is 301 g/mol. The van der Waals surface area contributed by atoms with Gasteiger partial charge in [0.1, 0.15) is 6.07 Å². The molecule has 0 aliphatic rings. The number of anilines is 2. The topological polar surface area (TPSA) is 105 Å². The number of rotatable bonds is 2. The molecule has 0 bridgehead atoms. The molecule has 0 aromatic heterocycles. The zero-order valence-electron chi connectivity index (χ0n) is 9.79. The molecule has 0 aliphatic carbocycles. The first kappa shape index (κ1) is 15.1. The van der Waals surface area contributed by atoms with Gasteiger partial charge in [-0.25, -0.2) is 4.79 Å². The lowest BCUT2D eigenvalue weighted by Gasteiger charge is -2.10. The molecule has 3 N–H and O–H groups in total. The summed E-state index contributed by atoms with van der Waals surface area (Å²) in [7, 11) is 0. The highest BCUT2D eigenvalue weighted by Crippen LogP contribution is 2.36. The first-order valence-corrected chi connectivity index (χ1v) is 5.83. The van der Waals surface area contributed by atoms with Crippen LogP contribution < -0.4 is 11.1 Å². The van der Waals surface area contributed by atoms with Crippen molar-refractivity contribution in [3.05, 3.63) is 21.7 Å². The number of nitrogen functional groups attached to an aromatic ring is 1. The summed E-state index contributed by atoms with van der Waals surface area (Å²) < 4.78 is 4.51. The molecule has 8 heteroatoms. The Morgan fingerprint density at radius 1 is 1.47 bits per heavy atom. The van der Waals surface area contributed by atoms with Gasteiger partial charge in [0.05, 0.1) is 33.6 Å². The minimum absolute atomic E-state index is 0.0122. The minimum atomic E-state index is -1.06. The van der Waals surface area contributed by atoms with Gasteiger partial charge >= 0.3 is 11.9 Å². The van der Waals surface area contributed by atoms with Crippen LogP contribution in [0.15, 0.2) is 6.07 Å². The summed E-state index contributed by atoms with van der Waals surface area (Å²) in [5, 5.41) is 11.0. The Morgan fingerprint density at radius 2 is 2.11 bits per heavy atom. The number of nitrogens with one attached hydrogen (secondary N) is 1. The van der Waals surface area contributed by atoms with Crippen molar-refractivity contribution in [3.63, 3.8) is 0 Å². The van der Waals surface area contributed by atoms with Crippen molar-refractivity contribution >= 4 is 46.5 Å². The van der Waals surface area contributed by atoms with Crippen LogP contribution in [0.3, 0.4) is 0 Å². The second-order valence-corrected chi connectivity index (χ2v) is 4.06. The number of benzene rings is 1. The van der Waals surface area contributed by atoms with Gasteiger partial charge in [0.15, 0.2) is 0 Å². The molecule has 0 saturated carbocycles. The van der Waals surface area contributed by atoms with Crippen LogP contribution in [0.1, 0.15) is 12.5 Å². The van der Waals surface area contributed by atoms with Crippen molar-refractivity contribution in [1.82, 2.24) is 0 Å². The van der Waals surface area contributed by atoms with Crippen molar-refractivity contribution in [2.24, 2.45) is 0 Å². The Labute approximate surface area is 119 Å². The average Bonchev–Trinajstić information content (AvgIpc) is 2.39. The van der Waals surface area contributed by atoms with E-state index in [1.807, 2.05) is 0 Å². The second-order valence-electron chi connectivity index (χ2n) is 3.30. The maximum absolute atomic E-state index is 11.4. The van der Waals surface area contributed by atoms with E-state index in [1.54, 1.807) is 13.0 Å². The van der Waals surface area contributed by atoms with Gasteiger partial charge in [-0.2, -0.15) is 5.26 Å². The summed E-state index contributed by atoms with van der Waals surface area (Å²) in [5.74, 6) is -2.08. The van der Waals surface area contributed by atoms with E-state index >= 15 is 0 Å². The van der Waals surface area contributed by atoms with Crippen LogP contribution in [0.2, 0.25) is 10.0 Å². The summed E-state index contributed by atoms with van der Waals surface area (Å²) in [6.07, 6.45) is 0. The van der Waals surface area contributed by atoms with Gasteiger partial charge in [0.2, 0.25) is 0 Å². The van der Waals surface area contributed by atoms with Gasteiger partial charge < -0.3 is 15.8 Å². The van der Waals surface area contributed by atoms with Crippen molar-refractivity contribution in [2.45, 2.75) is 6.92 Å². The van der Waals surface area contributed by atoms with E-state index in [0.29, 0.717) is 0 Å². The highest BCUT2D eigenvalue weighted by molar-refractivity contribution is 6.43. The lowest BCUT2D eigenvalue weighted by molar-refractivity contribution is -0.152. The Bertz CT molecular complexity index is 582. The fourth-order valence-electron chi connectivity index (χ4n) is 1.20. The van der Waals surface area contributed by atoms with Gasteiger partial charge in [-0.1, -0.05) is 23.2 Å². The molecule has 1 rings (SSSR count). The molecule has 1 amide bonds. The lowest BCUT2D eigenvalue weighted by atomic mass is 10.2. The number of nitrogens with two attached hydrogens (primary N) is 1. The van der Waals surface area contributed by atoms with Gasteiger partial charge in [0.25, 0.3) is 0 Å². The summed E-state index contributed by atoms with van der Waals surface area (Å²) in [5.41, 5.74) is 5.58. The van der Waals surface area contributed by atoms with Crippen LogP contribution in [-0.4, -0.2) is 18.5 Å². The molecule has 0 unspecified atom stereocenters. The molecule has 0 fully saturated rings. The first-order valence-electron chi connectivity index (χ1n) is 5.08. The molecular weight excluding hydrogens is 293 g/mol. The maximum Gasteiger partial charge on any atom is 0.397 e. The normalized spacial score (nSPS) is 9.58. The van der Waals surface area contributed by atoms with Crippen molar-refractivity contribution in [2.75, 3.05) is 17.7 Å². The number of hydrogen-bond acceptors (Lipinski definition) is 5. The molecule has 6 nitrogen and oxygen atoms in total. The van der Waals surface area contributed by atoms with E-state index in [2.05, 4.69) is 10.1 Å². The predicted octanol–water partition coefficient (Wildman–Crippen LogP) is 1.95. The summed E-state index contributed by atoms with van der Waals surface area (Å²) in [6.45, 7) is 1.62. The molecule has 0 atom stereocenters. The van der Waals surface area contributed by atoms with Gasteiger partial charge in [0, 0.05) is 0 Å². The highest BCUT2D eigenvalue weighted by atomic mass is 35.5. The standard InChI is InChI=1S/C11H9Cl2N3O3/c1-2-19-11(18)10(17)16-6-3-5(4-14)7(12)9(15)8(6)13/h3H,2,15H2,1H3,(H,16,17). The van der Waals surface area contributed by atoms with Crippen LogP contribution >= 0.6 is 23.2 Å². The molecule has 1 aromatic rings. The molecule has 0 spiro atoms. The Morgan fingerprint density at radius 3 is 2.63 bits per heavy atom. The van der Waals surface area contributed by atoms with E-state index < -0.39 is 11.9 Å². The zero-order valence-corrected chi connectivity index (χ0v) is 11.3. The predicted molar refractivity (Wildman–Crippen MR) is 70.9 cm³/mol. The quantitative estimate of drug-likeness (QED) is 0.493. The second kappa shape index (κ2) is 6.27. The number of carbonyl (C=O) groups is 2. The van der Waals surface area contributed by atoms with Gasteiger partial charge in [-0.15, -0.1) is 0 Å². The molecule has 0 radical (unpaired) electrons. The number of nitriles is 1. The summed E-state index contributed by atoms with van der Waals surface area (Å²) in [4.78, 5) is 22.6.